The first-order valence-corrected chi connectivity index (χ1v) is 6.47. The van der Waals surface area contributed by atoms with E-state index in [0.717, 1.165) is 10.7 Å². The molecule has 0 aliphatic heterocycles. The first-order chi connectivity index (χ1) is 8.20. The van der Waals surface area contributed by atoms with Crippen LogP contribution < -0.4 is 5.32 Å². The molecule has 6 heteroatoms. The lowest BCUT2D eigenvalue weighted by Gasteiger charge is -2.31. The van der Waals surface area contributed by atoms with Crippen molar-refractivity contribution in [3.05, 3.63) is 23.5 Å². The fourth-order valence-corrected chi connectivity index (χ4v) is 2.73. The van der Waals surface area contributed by atoms with Crippen molar-refractivity contribution < 1.29 is 9.90 Å². The van der Waals surface area contributed by atoms with Crippen LogP contribution in [0.4, 0.5) is 0 Å². The second-order valence-electron chi connectivity index (χ2n) is 4.39. The lowest BCUT2D eigenvalue weighted by atomic mass is 9.89. The lowest BCUT2D eigenvalue weighted by molar-refractivity contribution is -0.122. The molecule has 1 amide bonds. The zero-order valence-corrected chi connectivity index (χ0v) is 9.98. The standard InChI is InChI=1S/C11H13N3O2S/c15-9-3-7(4-9)12-10(16)5-8-6-14-1-2-17-11(14)13-8/h1-2,6-7,9,15H,3-5H2,(H,12,16). The fourth-order valence-electron chi connectivity index (χ4n) is 2.01. The van der Waals surface area contributed by atoms with Gasteiger partial charge in [-0.3, -0.25) is 9.20 Å². The summed E-state index contributed by atoms with van der Waals surface area (Å²) < 4.78 is 1.92. The summed E-state index contributed by atoms with van der Waals surface area (Å²) in [4.78, 5) is 16.9. The van der Waals surface area contributed by atoms with Gasteiger partial charge in [0.05, 0.1) is 18.2 Å². The number of carbonyl (C=O) groups is 1. The molecule has 0 bridgehead atoms. The molecule has 2 heterocycles. The normalized spacial score (nSPS) is 23.6. The maximum atomic E-state index is 11.7. The third kappa shape index (κ3) is 2.18. The number of carbonyl (C=O) groups excluding carboxylic acids is 1. The predicted molar refractivity (Wildman–Crippen MR) is 63.9 cm³/mol. The van der Waals surface area contributed by atoms with E-state index in [9.17, 15) is 4.79 Å². The average Bonchev–Trinajstić information content (AvgIpc) is 2.75. The van der Waals surface area contributed by atoms with Crippen LogP contribution in [0, 0.1) is 0 Å². The Hall–Kier alpha value is -1.40. The number of aromatic nitrogens is 2. The molecule has 1 saturated carbocycles. The van der Waals surface area contributed by atoms with Crippen LogP contribution in [0.1, 0.15) is 18.5 Å². The summed E-state index contributed by atoms with van der Waals surface area (Å²) in [7, 11) is 0. The molecule has 1 aliphatic rings. The van der Waals surface area contributed by atoms with Crippen molar-refractivity contribution in [2.75, 3.05) is 0 Å². The number of imidazole rings is 1. The SMILES string of the molecule is O=C(Cc1cn2ccsc2n1)NC1CC(O)C1. The Kier molecular flexibility index (Phi) is 2.60. The minimum atomic E-state index is -0.238. The van der Waals surface area contributed by atoms with Gasteiger partial charge in [0.1, 0.15) is 0 Å². The van der Waals surface area contributed by atoms with Crippen LogP contribution in [-0.2, 0) is 11.2 Å². The number of rotatable bonds is 3. The first-order valence-electron chi connectivity index (χ1n) is 5.59. The minimum absolute atomic E-state index is 0.0207. The molecule has 0 radical (unpaired) electrons. The Morgan fingerprint density at radius 3 is 3.18 bits per heavy atom. The third-order valence-corrected chi connectivity index (χ3v) is 3.73. The van der Waals surface area contributed by atoms with Gasteiger partial charge in [0, 0.05) is 23.8 Å². The van der Waals surface area contributed by atoms with Gasteiger partial charge in [-0.05, 0) is 12.8 Å². The number of hydrogen-bond acceptors (Lipinski definition) is 4. The van der Waals surface area contributed by atoms with Gasteiger partial charge in [0.15, 0.2) is 4.96 Å². The number of aliphatic hydroxyl groups excluding tert-OH is 1. The zero-order valence-electron chi connectivity index (χ0n) is 9.17. The number of hydrogen-bond donors (Lipinski definition) is 2. The van der Waals surface area contributed by atoms with Crippen LogP contribution in [0.25, 0.3) is 4.96 Å². The van der Waals surface area contributed by atoms with Crippen LogP contribution in [-0.4, -0.2) is 32.5 Å². The topological polar surface area (TPSA) is 66.6 Å². The van der Waals surface area contributed by atoms with Gasteiger partial charge in [-0.1, -0.05) is 0 Å². The van der Waals surface area contributed by atoms with Crippen molar-refractivity contribution in [2.45, 2.75) is 31.4 Å². The summed E-state index contributed by atoms with van der Waals surface area (Å²) >= 11 is 1.55. The number of fused-ring (bicyclic) bond motifs is 1. The molecule has 3 rings (SSSR count). The van der Waals surface area contributed by atoms with Crippen LogP contribution in [0.3, 0.4) is 0 Å². The quantitative estimate of drug-likeness (QED) is 0.838. The molecule has 5 nitrogen and oxygen atoms in total. The Labute approximate surface area is 102 Å². The number of aliphatic hydroxyl groups is 1. The van der Waals surface area contributed by atoms with Crippen LogP contribution in [0.15, 0.2) is 17.8 Å². The molecule has 90 valence electrons. The maximum Gasteiger partial charge on any atom is 0.226 e. The summed E-state index contributed by atoms with van der Waals surface area (Å²) in [6, 6.07) is 0.140. The van der Waals surface area contributed by atoms with Crippen molar-refractivity contribution in [1.29, 1.82) is 0 Å². The summed E-state index contributed by atoms with van der Waals surface area (Å²) in [5.74, 6) is -0.0207. The Balaban J connectivity index is 1.59. The van der Waals surface area contributed by atoms with Gasteiger partial charge in [0.25, 0.3) is 0 Å². The van der Waals surface area contributed by atoms with E-state index >= 15 is 0 Å². The monoisotopic (exact) mass is 251 g/mol. The Morgan fingerprint density at radius 1 is 1.65 bits per heavy atom. The van der Waals surface area contributed by atoms with E-state index in [2.05, 4.69) is 10.3 Å². The summed E-state index contributed by atoms with van der Waals surface area (Å²) in [6.45, 7) is 0. The van der Waals surface area contributed by atoms with Crippen molar-refractivity contribution in [3.8, 4) is 0 Å². The molecule has 0 spiro atoms. The van der Waals surface area contributed by atoms with Gasteiger partial charge >= 0.3 is 0 Å². The molecule has 2 N–H and O–H groups in total. The molecule has 2 aromatic rings. The Morgan fingerprint density at radius 2 is 2.47 bits per heavy atom. The van der Waals surface area contributed by atoms with Crippen molar-refractivity contribution in [3.63, 3.8) is 0 Å². The molecular weight excluding hydrogens is 238 g/mol. The van der Waals surface area contributed by atoms with Crippen molar-refractivity contribution in [1.82, 2.24) is 14.7 Å². The smallest absolute Gasteiger partial charge is 0.226 e. The lowest BCUT2D eigenvalue weighted by Crippen LogP contribution is -2.47. The van der Waals surface area contributed by atoms with E-state index in [1.165, 1.54) is 0 Å². The predicted octanol–water partition coefficient (Wildman–Crippen LogP) is 0.578. The van der Waals surface area contributed by atoms with Crippen molar-refractivity contribution >= 4 is 22.2 Å². The molecule has 0 unspecified atom stereocenters. The van der Waals surface area contributed by atoms with Crippen LogP contribution in [0.5, 0.6) is 0 Å². The summed E-state index contributed by atoms with van der Waals surface area (Å²) in [6.07, 6.45) is 5.21. The number of nitrogens with zero attached hydrogens (tertiary/aromatic N) is 2. The molecule has 2 aromatic heterocycles. The summed E-state index contributed by atoms with van der Waals surface area (Å²) in [5.41, 5.74) is 0.786. The van der Waals surface area contributed by atoms with E-state index < -0.39 is 0 Å². The van der Waals surface area contributed by atoms with Crippen LogP contribution >= 0.6 is 11.3 Å². The van der Waals surface area contributed by atoms with E-state index in [0.29, 0.717) is 19.3 Å². The fraction of sp³-hybridized carbons (Fsp3) is 0.455. The van der Waals surface area contributed by atoms with Gasteiger partial charge in [-0.25, -0.2) is 4.98 Å². The summed E-state index contributed by atoms with van der Waals surface area (Å²) in [5, 5.41) is 14.0. The largest absolute Gasteiger partial charge is 0.393 e. The zero-order chi connectivity index (χ0) is 11.8. The van der Waals surface area contributed by atoms with Gasteiger partial charge in [0.2, 0.25) is 5.91 Å². The highest BCUT2D eigenvalue weighted by Gasteiger charge is 2.28. The van der Waals surface area contributed by atoms with E-state index in [-0.39, 0.29) is 18.1 Å². The molecule has 0 aromatic carbocycles. The number of amides is 1. The maximum absolute atomic E-state index is 11.7. The van der Waals surface area contributed by atoms with Crippen molar-refractivity contribution in [2.24, 2.45) is 0 Å². The highest BCUT2D eigenvalue weighted by atomic mass is 32.1. The second-order valence-corrected chi connectivity index (χ2v) is 5.26. The molecule has 0 atom stereocenters. The second kappa shape index (κ2) is 4.12. The minimum Gasteiger partial charge on any atom is -0.393 e. The number of nitrogens with one attached hydrogen (secondary N) is 1. The van der Waals surface area contributed by atoms with Gasteiger partial charge < -0.3 is 10.4 Å². The average molecular weight is 251 g/mol. The van der Waals surface area contributed by atoms with E-state index in [1.807, 2.05) is 22.2 Å². The number of thiazole rings is 1. The molecular formula is C11H13N3O2S. The molecule has 17 heavy (non-hydrogen) atoms. The van der Waals surface area contributed by atoms with E-state index in [4.69, 9.17) is 5.11 Å². The highest BCUT2D eigenvalue weighted by Crippen LogP contribution is 2.19. The molecule has 1 aliphatic carbocycles. The first kappa shape index (κ1) is 10.7. The third-order valence-electron chi connectivity index (χ3n) is 2.96. The Bertz CT molecular complexity index is 513. The van der Waals surface area contributed by atoms with Gasteiger partial charge in [-0.15, -0.1) is 11.3 Å². The molecule has 0 saturated heterocycles. The highest BCUT2D eigenvalue weighted by molar-refractivity contribution is 7.15. The van der Waals surface area contributed by atoms with E-state index in [1.54, 1.807) is 11.3 Å². The molecule has 1 fully saturated rings. The van der Waals surface area contributed by atoms with Crippen LogP contribution in [0.2, 0.25) is 0 Å². The van der Waals surface area contributed by atoms with Gasteiger partial charge in [-0.2, -0.15) is 0 Å².